The Balaban J connectivity index is 0. The van der Waals surface area contributed by atoms with Crippen molar-refractivity contribution in [3.63, 3.8) is 0 Å². The molecule has 0 amide bonds. The van der Waals surface area contributed by atoms with Crippen LogP contribution in [0.2, 0.25) is 0 Å². The Morgan fingerprint density at radius 3 is 0.889 bits per heavy atom. The molecule has 6 nitrogen and oxygen atoms in total. The lowest BCUT2D eigenvalue weighted by Crippen LogP contribution is -3.00. The molecule has 4 heterocycles. The van der Waals surface area contributed by atoms with Crippen molar-refractivity contribution in [3.05, 3.63) is 98.1 Å². The topological polar surface area (TPSA) is 56.0 Å². The van der Waals surface area contributed by atoms with Crippen molar-refractivity contribution in [2.75, 3.05) is 13.2 Å². The average Bonchev–Trinajstić information content (AvgIpc) is 2.82. The SMILES string of the molecule is C[n+]1ccc(-c2cc[n+](CCO)cc2)cc1.C[n+]1ccc(-c2cc[n+](CCO)cc2)cc1.[Cl-].[Cl-].[Cl-].[Cl-]. The summed E-state index contributed by atoms with van der Waals surface area (Å²) in [6.45, 7) is 1.63. The summed E-state index contributed by atoms with van der Waals surface area (Å²) in [7, 11) is 4.01. The zero-order chi connectivity index (χ0) is 22.8. The molecule has 2 N–H and O–H groups in total. The molecule has 0 aliphatic heterocycles. The van der Waals surface area contributed by atoms with Crippen LogP contribution in [0.4, 0.5) is 0 Å². The molecule has 0 spiro atoms. The molecule has 0 saturated carbocycles. The van der Waals surface area contributed by atoms with Crippen molar-refractivity contribution < 1.29 is 78.1 Å². The van der Waals surface area contributed by atoms with Gasteiger partial charge in [0.25, 0.3) is 0 Å². The zero-order valence-electron chi connectivity index (χ0n) is 20.3. The minimum atomic E-state index is 0. The summed E-state index contributed by atoms with van der Waals surface area (Å²) < 4.78 is 7.95. The molecule has 0 fully saturated rings. The molecule has 196 valence electrons. The van der Waals surface area contributed by atoms with Gasteiger partial charge in [-0.2, -0.15) is 0 Å². The predicted molar refractivity (Wildman–Crippen MR) is 121 cm³/mol. The van der Waals surface area contributed by atoms with Crippen molar-refractivity contribution in [2.45, 2.75) is 13.1 Å². The van der Waals surface area contributed by atoms with Crippen LogP contribution in [0.25, 0.3) is 22.3 Å². The summed E-state index contributed by atoms with van der Waals surface area (Å²) in [4.78, 5) is 0. The van der Waals surface area contributed by atoms with Gasteiger partial charge in [-0.25, -0.2) is 18.3 Å². The number of pyridine rings is 4. The predicted octanol–water partition coefficient (Wildman–Crippen LogP) is -11.1. The van der Waals surface area contributed by atoms with E-state index in [-0.39, 0.29) is 62.8 Å². The fraction of sp³-hybridized carbons (Fsp3) is 0.231. The van der Waals surface area contributed by atoms with Gasteiger partial charge < -0.3 is 59.8 Å². The summed E-state index contributed by atoms with van der Waals surface area (Å²) in [6, 6.07) is 16.6. The Hall–Kier alpha value is -2.32. The second kappa shape index (κ2) is 18.9. The summed E-state index contributed by atoms with van der Waals surface area (Å²) in [5, 5.41) is 17.6. The van der Waals surface area contributed by atoms with E-state index in [9.17, 15) is 0 Å². The standard InChI is InChI=1S/2C13H16N2O.4ClH/c2*1-14-6-2-12(3-7-14)13-4-8-15(9-5-13)10-11-16;;;;/h2*2-9,16H,10-11H2,1H3;4*1H/q2*+2;;;;/p-4. The van der Waals surface area contributed by atoms with Gasteiger partial charge in [0.2, 0.25) is 0 Å². The smallest absolute Gasteiger partial charge is 0.171 e. The molecular weight excluding hydrogens is 542 g/mol. The van der Waals surface area contributed by atoms with Crippen molar-refractivity contribution in [3.8, 4) is 22.3 Å². The van der Waals surface area contributed by atoms with E-state index in [0.29, 0.717) is 13.1 Å². The third-order valence-electron chi connectivity index (χ3n) is 5.12. The van der Waals surface area contributed by atoms with Gasteiger partial charge in [-0.05, 0) is 22.3 Å². The molecule has 4 aromatic heterocycles. The van der Waals surface area contributed by atoms with Crippen LogP contribution >= 0.6 is 0 Å². The van der Waals surface area contributed by atoms with Gasteiger partial charge in [-0.15, -0.1) is 0 Å². The maximum atomic E-state index is 8.81. The van der Waals surface area contributed by atoms with Crippen LogP contribution in [0.15, 0.2) is 98.1 Å². The molecule has 4 rings (SSSR count). The summed E-state index contributed by atoms with van der Waals surface area (Å²) >= 11 is 0. The van der Waals surface area contributed by atoms with Crippen LogP contribution in [0.3, 0.4) is 0 Å². The number of aryl methyl sites for hydroxylation is 2. The average molecular weight is 574 g/mol. The first-order valence-corrected chi connectivity index (χ1v) is 10.7. The Morgan fingerprint density at radius 1 is 0.444 bits per heavy atom. The van der Waals surface area contributed by atoms with E-state index in [1.807, 2.05) is 81.9 Å². The van der Waals surface area contributed by atoms with E-state index in [4.69, 9.17) is 10.2 Å². The summed E-state index contributed by atoms with van der Waals surface area (Å²) in [5.41, 5.74) is 4.79. The van der Waals surface area contributed by atoms with Crippen molar-refractivity contribution in [1.82, 2.24) is 0 Å². The highest BCUT2D eigenvalue weighted by molar-refractivity contribution is 5.61. The molecule has 0 unspecified atom stereocenters. The zero-order valence-corrected chi connectivity index (χ0v) is 23.3. The lowest BCUT2D eigenvalue weighted by molar-refractivity contribution is -0.698. The number of nitrogens with zero attached hydrogens (tertiary/aromatic N) is 4. The number of aliphatic hydroxyl groups excluding tert-OH is 2. The highest BCUT2D eigenvalue weighted by Gasteiger charge is 2.04. The maximum Gasteiger partial charge on any atom is 0.171 e. The molecule has 0 aromatic carbocycles. The quantitative estimate of drug-likeness (QED) is 0.225. The van der Waals surface area contributed by atoms with Crippen molar-refractivity contribution in [1.29, 1.82) is 0 Å². The molecule has 10 heteroatoms. The van der Waals surface area contributed by atoms with Gasteiger partial charge in [-0.3, -0.25) is 0 Å². The molecule has 0 aliphatic rings. The Kier molecular flexibility index (Phi) is 18.8. The van der Waals surface area contributed by atoms with Gasteiger partial charge in [0, 0.05) is 48.5 Å². The van der Waals surface area contributed by atoms with E-state index in [1.54, 1.807) is 0 Å². The van der Waals surface area contributed by atoms with Crippen molar-refractivity contribution in [2.24, 2.45) is 14.1 Å². The van der Waals surface area contributed by atoms with Gasteiger partial charge >= 0.3 is 0 Å². The van der Waals surface area contributed by atoms with E-state index in [1.165, 1.54) is 22.3 Å². The lowest BCUT2D eigenvalue weighted by Gasteiger charge is -1.99. The lowest BCUT2D eigenvalue weighted by atomic mass is 10.1. The Labute approximate surface area is 238 Å². The molecule has 0 radical (unpaired) electrons. The molecular formula is C26H32Cl4N4O2. The van der Waals surface area contributed by atoms with Crippen molar-refractivity contribution >= 4 is 0 Å². The first kappa shape index (κ1) is 35.8. The molecule has 0 bridgehead atoms. The fourth-order valence-electron chi connectivity index (χ4n) is 3.22. The van der Waals surface area contributed by atoms with Gasteiger partial charge in [0.15, 0.2) is 62.7 Å². The first-order chi connectivity index (χ1) is 15.6. The van der Waals surface area contributed by atoms with E-state index >= 15 is 0 Å². The normalized spacial score (nSPS) is 9.22. The summed E-state index contributed by atoms with van der Waals surface area (Å²) in [6.07, 6.45) is 16.1. The maximum absolute atomic E-state index is 8.81. The van der Waals surface area contributed by atoms with Gasteiger partial charge in [0.05, 0.1) is 0 Å². The monoisotopic (exact) mass is 572 g/mol. The fourth-order valence-corrected chi connectivity index (χ4v) is 3.22. The minimum Gasteiger partial charge on any atom is -1.00 e. The first-order valence-electron chi connectivity index (χ1n) is 10.7. The molecule has 4 aromatic rings. The third kappa shape index (κ3) is 11.2. The number of aliphatic hydroxyl groups is 2. The number of rotatable bonds is 6. The van der Waals surface area contributed by atoms with E-state index < -0.39 is 0 Å². The third-order valence-corrected chi connectivity index (χ3v) is 5.12. The van der Waals surface area contributed by atoms with Crippen LogP contribution in [0.1, 0.15) is 0 Å². The number of aromatic nitrogens is 4. The highest BCUT2D eigenvalue weighted by Crippen LogP contribution is 2.16. The molecule has 0 atom stereocenters. The number of hydrogen-bond donors (Lipinski definition) is 2. The van der Waals surface area contributed by atoms with Crippen LogP contribution in [-0.4, -0.2) is 23.4 Å². The summed E-state index contributed by atoms with van der Waals surface area (Å²) in [5.74, 6) is 0. The second-order valence-corrected chi connectivity index (χ2v) is 7.60. The number of hydrogen-bond acceptors (Lipinski definition) is 2. The molecule has 36 heavy (non-hydrogen) atoms. The Morgan fingerprint density at radius 2 is 0.667 bits per heavy atom. The number of halogens is 4. The van der Waals surface area contributed by atoms with E-state index in [2.05, 4.69) is 48.5 Å². The second-order valence-electron chi connectivity index (χ2n) is 7.60. The van der Waals surface area contributed by atoms with Gasteiger partial charge in [-0.1, -0.05) is 0 Å². The van der Waals surface area contributed by atoms with E-state index in [0.717, 1.165) is 0 Å². The van der Waals surface area contributed by atoms with Crippen LogP contribution in [0.5, 0.6) is 0 Å². The minimum absolute atomic E-state index is 0. The van der Waals surface area contributed by atoms with Crippen LogP contribution < -0.4 is 67.9 Å². The van der Waals surface area contributed by atoms with Gasteiger partial charge in [0.1, 0.15) is 27.3 Å². The largest absolute Gasteiger partial charge is 1.00 e. The molecule has 0 saturated heterocycles. The van der Waals surface area contributed by atoms with Crippen LogP contribution in [-0.2, 0) is 27.2 Å². The molecule has 0 aliphatic carbocycles. The highest BCUT2D eigenvalue weighted by atomic mass is 35.5. The van der Waals surface area contributed by atoms with Crippen LogP contribution in [0, 0.1) is 0 Å². The Bertz CT molecular complexity index is 1010.